The second kappa shape index (κ2) is 3.96. The molecule has 90 valence electrons. The Morgan fingerprint density at radius 1 is 0.833 bits per heavy atom. The van der Waals surface area contributed by atoms with Gasteiger partial charge in [-0.3, -0.25) is 0 Å². The molecule has 0 amide bonds. The fraction of sp³-hybridized carbons (Fsp3) is 0.294. The lowest BCUT2D eigenvalue weighted by atomic mass is 9.72. The van der Waals surface area contributed by atoms with Crippen LogP contribution < -0.4 is 5.32 Å². The first-order valence-corrected chi connectivity index (χ1v) is 6.82. The number of nitrogens with one attached hydrogen (secondary N) is 1. The maximum atomic E-state index is 3.72. The van der Waals surface area contributed by atoms with Crippen LogP contribution in [0.2, 0.25) is 0 Å². The van der Waals surface area contributed by atoms with Gasteiger partial charge in [0.05, 0.1) is 0 Å². The molecule has 2 aromatic rings. The van der Waals surface area contributed by atoms with Gasteiger partial charge in [-0.2, -0.15) is 0 Å². The summed E-state index contributed by atoms with van der Waals surface area (Å²) in [6, 6.07) is 18.5. The Hall–Kier alpha value is -1.60. The summed E-state index contributed by atoms with van der Waals surface area (Å²) >= 11 is 0. The molecule has 0 saturated carbocycles. The molecule has 2 aromatic carbocycles. The molecule has 0 spiro atoms. The number of aryl methyl sites for hydroxylation is 1. The molecule has 2 aliphatic rings. The Balaban J connectivity index is 1.91. The van der Waals surface area contributed by atoms with Crippen LogP contribution in [0.5, 0.6) is 0 Å². The van der Waals surface area contributed by atoms with Crippen LogP contribution in [0.4, 0.5) is 0 Å². The highest BCUT2D eigenvalue weighted by Gasteiger charge is 2.34. The van der Waals surface area contributed by atoms with E-state index >= 15 is 0 Å². The van der Waals surface area contributed by atoms with Crippen molar-refractivity contribution in [3.63, 3.8) is 0 Å². The molecule has 4 rings (SSSR count). The third-order valence-electron chi connectivity index (χ3n) is 4.46. The van der Waals surface area contributed by atoms with E-state index < -0.39 is 0 Å². The average Bonchev–Trinajstić information content (AvgIpc) is 2.46. The van der Waals surface area contributed by atoms with E-state index in [1.165, 1.54) is 35.1 Å². The first-order chi connectivity index (χ1) is 8.93. The average molecular weight is 235 g/mol. The van der Waals surface area contributed by atoms with Gasteiger partial charge in [0.25, 0.3) is 0 Å². The zero-order chi connectivity index (χ0) is 11.9. The molecule has 0 unspecified atom stereocenters. The minimum atomic E-state index is 0.555. The van der Waals surface area contributed by atoms with Crippen LogP contribution >= 0.6 is 0 Å². The number of rotatable bonds is 0. The Bertz CT molecular complexity index is 536. The molecule has 0 radical (unpaired) electrons. The number of hydrogen-bond donors (Lipinski definition) is 1. The minimum absolute atomic E-state index is 0.555. The maximum absolute atomic E-state index is 3.72. The number of benzene rings is 2. The summed E-state index contributed by atoms with van der Waals surface area (Å²) in [4.78, 5) is 0. The van der Waals surface area contributed by atoms with E-state index in [4.69, 9.17) is 0 Å². The molecule has 0 bridgehead atoms. The summed E-state index contributed by atoms with van der Waals surface area (Å²) in [5.41, 5.74) is 6.08. The van der Waals surface area contributed by atoms with Crippen LogP contribution in [0.3, 0.4) is 0 Å². The molecule has 1 aliphatic heterocycles. The van der Waals surface area contributed by atoms with Gasteiger partial charge in [-0.15, -0.1) is 0 Å². The van der Waals surface area contributed by atoms with Crippen molar-refractivity contribution in [2.45, 2.75) is 31.3 Å². The van der Waals surface area contributed by atoms with Crippen LogP contribution in [0, 0.1) is 0 Å². The Kier molecular flexibility index (Phi) is 2.27. The third-order valence-corrected chi connectivity index (χ3v) is 4.46. The van der Waals surface area contributed by atoms with E-state index in [2.05, 4.69) is 53.8 Å². The molecular weight excluding hydrogens is 218 g/mol. The van der Waals surface area contributed by atoms with E-state index in [0.29, 0.717) is 12.0 Å². The zero-order valence-electron chi connectivity index (χ0n) is 10.4. The van der Waals surface area contributed by atoms with Crippen molar-refractivity contribution in [3.8, 4) is 0 Å². The van der Waals surface area contributed by atoms with E-state index in [1.807, 2.05) is 0 Å². The lowest BCUT2D eigenvalue weighted by Crippen LogP contribution is -2.42. The monoisotopic (exact) mass is 235 g/mol. The van der Waals surface area contributed by atoms with E-state index in [9.17, 15) is 0 Å². The van der Waals surface area contributed by atoms with Gasteiger partial charge in [-0.25, -0.2) is 0 Å². The second-order valence-electron chi connectivity index (χ2n) is 5.40. The van der Waals surface area contributed by atoms with Crippen molar-refractivity contribution in [3.05, 3.63) is 70.8 Å². The summed E-state index contributed by atoms with van der Waals surface area (Å²) in [7, 11) is 0. The predicted molar refractivity (Wildman–Crippen MR) is 73.7 cm³/mol. The maximum Gasteiger partial charge on any atom is 0.0249 e. The van der Waals surface area contributed by atoms with Crippen LogP contribution in [0.1, 0.15) is 34.6 Å². The highest BCUT2D eigenvalue weighted by Crippen LogP contribution is 2.40. The summed E-state index contributed by atoms with van der Waals surface area (Å²) in [6.07, 6.45) is 2.47. The molecule has 0 aromatic heterocycles. The molecule has 0 saturated heterocycles. The van der Waals surface area contributed by atoms with Crippen LogP contribution in [0.25, 0.3) is 0 Å². The smallest absolute Gasteiger partial charge is 0.0249 e. The van der Waals surface area contributed by atoms with E-state index in [0.717, 1.165) is 6.54 Å². The first kappa shape index (κ1) is 10.3. The fourth-order valence-electron chi connectivity index (χ4n) is 3.60. The molecule has 2 atom stereocenters. The SMILES string of the molecule is c1ccc2c(c1)CC[C@H]1NCc3ccccc3[C@H]21. The van der Waals surface area contributed by atoms with Gasteiger partial charge in [0.2, 0.25) is 0 Å². The lowest BCUT2D eigenvalue weighted by Gasteiger charge is -2.39. The molecule has 1 heterocycles. The van der Waals surface area contributed by atoms with Crippen LogP contribution in [-0.4, -0.2) is 6.04 Å². The second-order valence-corrected chi connectivity index (χ2v) is 5.40. The lowest BCUT2D eigenvalue weighted by molar-refractivity contribution is 0.394. The van der Waals surface area contributed by atoms with Gasteiger partial charge in [-0.05, 0) is 35.1 Å². The van der Waals surface area contributed by atoms with Crippen molar-refractivity contribution in [2.75, 3.05) is 0 Å². The highest BCUT2D eigenvalue weighted by atomic mass is 14.9. The van der Waals surface area contributed by atoms with Crippen molar-refractivity contribution in [1.82, 2.24) is 5.32 Å². The highest BCUT2D eigenvalue weighted by molar-refractivity contribution is 5.46. The molecule has 18 heavy (non-hydrogen) atoms. The predicted octanol–water partition coefficient (Wildman–Crippen LogP) is 3.24. The van der Waals surface area contributed by atoms with Crippen LogP contribution in [-0.2, 0) is 13.0 Å². The minimum Gasteiger partial charge on any atom is -0.309 e. The van der Waals surface area contributed by atoms with Crippen molar-refractivity contribution >= 4 is 0 Å². The molecule has 1 nitrogen and oxygen atoms in total. The summed E-state index contributed by atoms with van der Waals surface area (Å²) in [6.45, 7) is 1.03. The molecule has 1 heteroatoms. The largest absolute Gasteiger partial charge is 0.309 e. The van der Waals surface area contributed by atoms with Gasteiger partial charge in [0.15, 0.2) is 0 Å². The van der Waals surface area contributed by atoms with Gasteiger partial charge in [-0.1, -0.05) is 48.5 Å². The van der Waals surface area contributed by atoms with Gasteiger partial charge in [0.1, 0.15) is 0 Å². The first-order valence-electron chi connectivity index (χ1n) is 6.82. The molecular formula is C17H17N. The van der Waals surface area contributed by atoms with Gasteiger partial charge >= 0.3 is 0 Å². The Labute approximate surface area is 108 Å². The van der Waals surface area contributed by atoms with Crippen LogP contribution in [0.15, 0.2) is 48.5 Å². The Morgan fingerprint density at radius 3 is 2.33 bits per heavy atom. The third kappa shape index (κ3) is 1.44. The van der Waals surface area contributed by atoms with E-state index in [-0.39, 0.29) is 0 Å². The Morgan fingerprint density at radius 2 is 1.50 bits per heavy atom. The zero-order valence-corrected chi connectivity index (χ0v) is 10.4. The molecule has 0 fully saturated rings. The quantitative estimate of drug-likeness (QED) is 0.739. The summed E-state index contributed by atoms with van der Waals surface area (Å²) in [5, 5.41) is 3.72. The van der Waals surface area contributed by atoms with Crippen molar-refractivity contribution in [2.24, 2.45) is 0 Å². The summed E-state index contributed by atoms with van der Waals surface area (Å²) in [5.74, 6) is 0.555. The summed E-state index contributed by atoms with van der Waals surface area (Å²) < 4.78 is 0. The number of hydrogen-bond acceptors (Lipinski definition) is 1. The van der Waals surface area contributed by atoms with Crippen molar-refractivity contribution < 1.29 is 0 Å². The van der Waals surface area contributed by atoms with Gasteiger partial charge < -0.3 is 5.32 Å². The topological polar surface area (TPSA) is 12.0 Å². The standard InChI is InChI=1S/C17H17N/c1-3-7-14-12(5-1)9-10-16-17(14)15-8-4-2-6-13(15)11-18-16/h1-8,16-18H,9-11H2/t16-,17+/m1/s1. The molecule has 1 N–H and O–H groups in total. The molecule has 1 aliphatic carbocycles. The fourth-order valence-corrected chi connectivity index (χ4v) is 3.60. The normalized spacial score (nSPS) is 24.9. The van der Waals surface area contributed by atoms with Gasteiger partial charge in [0, 0.05) is 18.5 Å². The van der Waals surface area contributed by atoms with E-state index in [1.54, 1.807) is 0 Å². The number of fused-ring (bicyclic) bond motifs is 5. The van der Waals surface area contributed by atoms with Crippen molar-refractivity contribution in [1.29, 1.82) is 0 Å².